The van der Waals surface area contributed by atoms with Gasteiger partial charge in [0, 0.05) is 18.7 Å². The van der Waals surface area contributed by atoms with Crippen molar-refractivity contribution in [3.63, 3.8) is 0 Å². The summed E-state index contributed by atoms with van der Waals surface area (Å²) in [5.41, 5.74) is -0.00317. The van der Waals surface area contributed by atoms with E-state index in [-0.39, 0.29) is 23.8 Å². The fraction of sp³-hybridized carbons (Fsp3) is 0.133. The molecule has 0 aliphatic carbocycles. The smallest absolute Gasteiger partial charge is 0.278 e. The van der Waals surface area contributed by atoms with Crippen molar-refractivity contribution in [2.45, 2.75) is 6.61 Å². The average Bonchev–Trinajstić information content (AvgIpc) is 2.53. The van der Waals surface area contributed by atoms with Gasteiger partial charge in [0.2, 0.25) is 0 Å². The van der Waals surface area contributed by atoms with Gasteiger partial charge in [-0.05, 0) is 30.3 Å². The number of carbonyl (C=O) groups is 1. The first-order valence-electron chi connectivity index (χ1n) is 6.39. The third kappa shape index (κ3) is 3.38. The zero-order chi connectivity index (χ0) is 16.1. The van der Waals surface area contributed by atoms with Gasteiger partial charge in [-0.3, -0.25) is 14.9 Å². The highest BCUT2D eigenvalue weighted by Crippen LogP contribution is 2.23. The van der Waals surface area contributed by atoms with Crippen LogP contribution in [-0.2, 0) is 6.61 Å². The van der Waals surface area contributed by atoms with Gasteiger partial charge in [-0.2, -0.15) is 0 Å². The first kappa shape index (κ1) is 15.4. The van der Waals surface area contributed by atoms with E-state index in [1.165, 1.54) is 31.3 Å². The van der Waals surface area contributed by atoms with E-state index in [9.17, 15) is 19.3 Å². The summed E-state index contributed by atoms with van der Waals surface area (Å²) in [6, 6.07) is 9.80. The zero-order valence-electron chi connectivity index (χ0n) is 11.7. The minimum atomic E-state index is -0.698. The summed E-state index contributed by atoms with van der Waals surface area (Å²) < 4.78 is 19.0. The maximum absolute atomic E-state index is 13.7. The number of hydrogen-bond donors (Lipinski definition) is 1. The van der Waals surface area contributed by atoms with Crippen molar-refractivity contribution in [1.29, 1.82) is 0 Å². The van der Waals surface area contributed by atoms with Crippen molar-refractivity contribution < 1.29 is 18.8 Å². The van der Waals surface area contributed by atoms with E-state index in [4.69, 9.17) is 4.74 Å². The molecule has 0 unspecified atom stereocenters. The second-order valence-electron chi connectivity index (χ2n) is 4.39. The third-order valence-corrected chi connectivity index (χ3v) is 3.02. The molecule has 0 aliphatic heterocycles. The molecule has 0 saturated carbocycles. The van der Waals surface area contributed by atoms with Gasteiger partial charge in [-0.25, -0.2) is 4.39 Å². The second-order valence-corrected chi connectivity index (χ2v) is 4.39. The Balaban J connectivity index is 2.14. The van der Waals surface area contributed by atoms with E-state index in [1.54, 1.807) is 12.1 Å². The molecule has 6 nitrogen and oxygen atoms in total. The number of hydrogen-bond acceptors (Lipinski definition) is 4. The van der Waals surface area contributed by atoms with Crippen molar-refractivity contribution in [1.82, 2.24) is 5.32 Å². The lowest BCUT2D eigenvalue weighted by atomic mass is 10.2. The molecule has 1 N–H and O–H groups in total. The van der Waals surface area contributed by atoms with Crippen LogP contribution in [0.3, 0.4) is 0 Å². The summed E-state index contributed by atoms with van der Waals surface area (Å²) in [5, 5.41) is 13.4. The SMILES string of the molecule is CNC(=O)c1ccc(OCc2c(F)cccc2[N+](=O)[O-])cc1. The molecule has 0 bridgehead atoms. The van der Waals surface area contributed by atoms with Gasteiger partial charge in [0.1, 0.15) is 23.7 Å². The number of nitrogens with zero attached hydrogens (tertiary/aromatic N) is 1. The van der Waals surface area contributed by atoms with Gasteiger partial charge < -0.3 is 10.1 Å². The number of halogens is 1. The molecule has 0 radical (unpaired) electrons. The summed E-state index contributed by atoms with van der Waals surface area (Å²) in [4.78, 5) is 21.6. The molecular weight excluding hydrogens is 291 g/mol. The summed E-state index contributed by atoms with van der Waals surface area (Å²) in [7, 11) is 1.52. The molecule has 2 aromatic rings. The lowest BCUT2D eigenvalue weighted by Gasteiger charge is -2.08. The minimum Gasteiger partial charge on any atom is -0.489 e. The first-order chi connectivity index (χ1) is 10.5. The van der Waals surface area contributed by atoms with Crippen molar-refractivity contribution in [2.75, 3.05) is 7.05 Å². The third-order valence-electron chi connectivity index (χ3n) is 3.02. The van der Waals surface area contributed by atoms with Crippen LogP contribution < -0.4 is 10.1 Å². The van der Waals surface area contributed by atoms with Crippen LogP contribution >= 0.6 is 0 Å². The monoisotopic (exact) mass is 304 g/mol. The summed E-state index contributed by atoms with van der Waals surface area (Å²) in [5.74, 6) is -0.558. The molecule has 0 aromatic heterocycles. The molecule has 0 spiro atoms. The molecule has 2 aromatic carbocycles. The number of nitro benzene ring substituents is 1. The van der Waals surface area contributed by atoms with Crippen LogP contribution in [0.15, 0.2) is 42.5 Å². The number of amides is 1. The van der Waals surface area contributed by atoms with Crippen LogP contribution in [0, 0.1) is 15.9 Å². The topological polar surface area (TPSA) is 81.5 Å². The molecule has 2 rings (SSSR count). The lowest BCUT2D eigenvalue weighted by molar-refractivity contribution is -0.386. The van der Waals surface area contributed by atoms with E-state index in [0.29, 0.717) is 11.3 Å². The van der Waals surface area contributed by atoms with Crippen LogP contribution in [0.1, 0.15) is 15.9 Å². The predicted molar refractivity (Wildman–Crippen MR) is 77.2 cm³/mol. The molecule has 114 valence electrons. The number of rotatable bonds is 5. The predicted octanol–water partition coefficient (Wildman–Crippen LogP) is 2.67. The Hall–Kier alpha value is -2.96. The van der Waals surface area contributed by atoms with Crippen LogP contribution in [0.5, 0.6) is 5.75 Å². The molecular formula is C15H13FN2O4. The number of nitrogens with one attached hydrogen (secondary N) is 1. The molecule has 0 saturated heterocycles. The van der Waals surface area contributed by atoms with Crippen LogP contribution in [0.4, 0.5) is 10.1 Å². The Morgan fingerprint density at radius 2 is 1.95 bits per heavy atom. The fourth-order valence-electron chi connectivity index (χ4n) is 1.86. The van der Waals surface area contributed by atoms with Gasteiger partial charge in [-0.15, -0.1) is 0 Å². The highest BCUT2D eigenvalue weighted by molar-refractivity contribution is 5.94. The first-order valence-corrected chi connectivity index (χ1v) is 6.39. The van der Waals surface area contributed by atoms with Crippen molar-refractivity contribution in [3.8, 4) is 5.75 Å². The molecule has 0 aliphatic rings. The Labute approximate surface area is 125 Å². The van der Waals surface area contributed by atoms with Gasteiger partial charge in [0.05, 0.1) is 4.92 Å². The van der Waals surface area contributed by atoms with Crippen LogP contribution in [0.25, 0.3) is 0 Å². The highest BCUT2D eigenvalue weighted by atomic mass is 19.1. The van der Waals surface area contributed by atoms with Gasteiger partial charge >= 0.3 is 0 Å². The van der Waals surface area contributed by atoms with E-state index in [0.717, 1.165) is 6.07 Å². The largest absolute Gasteiger partial charge is 0.489 e. The quantitative estimate of drug-likeness (QED) is 0.680. The Morgan fingerprint density at radius 3 is 2.55 bits per heavy atom. The summed E-state index contributed by atoms with van der Waals surface area (Å²) in [6.07, 6.45) is 0. The van der Waals surface area contributed by atoms with E-state index in [2.05, 4.69) is 5.32 Å². The lowest BCUT2D eigenvalue weighted by Crippen LogP contribution is -2.17. The van der Waals surface area contributed by atoms with Crippen molar-refractivity contribution in [3.05, 3.63) is 69.5 Å². The zero-order valence-corrected chi connectivity index (χ0v) is 11.7. The fourth-order valence-corrected chi connectivity index (χ4v) is 1.86. The Bertz CT molecular complexity index is 701. The van der Waals surface area contributed by atoms with Gasteiger partial charge in [-0.1, -0.05) is 6.07 Å². The maximum atomic E-state index is 13.7. The maximum Gasteiger partial charge on any atom is 0.278 e. The van der Waals surface area contributed by atoms with Crippen molar-refractivity contribution >= 4 is 11.6 Å². The normalized spacial score (nSPS) is 10.1. The van der Waals surface area contributed by atoms with E-state index >= 15 is 0 Å². The number of nitro groups is 1. The van der Waals surface area contributed by atoms with E-state index < -0.39 is 10.7 Å². The molecule has 0 atom stereocenters. The molecule has 0 heterocycles. The Morgan fingerprint density at radius 1 is 1.27 bits per heavy atom. The minimum absolute atomic E-state index is 0.122. The molecule has 0 fully saturated rings. The molecule has 7 heteroatoms. The highest BCUT2D eigenvalue weighted by Gasteiger charge is 2.18. The number of ether oxygens (including phenoxy) is 1. The summed E-state index contributed by atoms with van der Waals surface area (Å²) in [6.45, 7) is -0.275. The van der Waals surface area contributed by atoms with Gasteiger partial charge in [0.25, 0.3) is 11.6 Å². The van der Waals surface area contributed by atoms with Crippen LogP contribution in [-0.4, -0.2) is 17.9 Å². The standard InChI is InChI=1S/C15H13FN2O4/c1-17-15(19)10-5-7-11(8-6-10)22-9-12-13(16)3-2-4-14(12)18(20)21/h2-8H,9H2,1H3,(H,17,19). The van der Waals surface area contributed by atoms with Gasteiger partial charge in [0.15, 0.2) is 0 Å². The molecule has 22 heavy (non-hydrogen) atoms. The average molecular weight is 304 g/mol. The Kier molecular flexibility index (Phi) is 4.67. The second kappa shape index (κ2) is 6.66. The van der Waals surface area contributed by atoms with Crippen LogP contribution in [0.2, 0.25) is 0 Å². The number of carbonyl (C=O) groups excluding carboxylic acids is 1. The van der Waals surface area contributed by atoms with E-state index in [1.807, 2.05) is 0 Å². The number of benzene rings is 2. The molecule has 1 amide bonds. The summed E-state index contributed by atoms with van der Waals surface area (Å²) >= 11 is 0. The van der Waals surface area contributed by atoms with Crippen molar-refractivity contribution in [2.24, 2.45) is 0 Å².